The quantitative estimate of drug-likeness (QED) is 0.730. The smallest absolute Gasteiger partial charge is 0.163 e. The third-order valence-corrected chi connectivity index (χ3v) is 1.65. The topological polar surface area (TPSA) is 21.3 Å². The monoisotopic (exact) mass is 187 g/mol. The first kappa shape index (κ1) is 10.1. The number of hydrogen-bond acceptors (Lipinski definition) is 2. The van der Waals surface area contributed by atoms with Crippen LogP contribution in [0.4, 0.5) is 8.78 Å². The van der Waals surface area contributed by atoms with E-state index in [2.05, 4.69) is 10.3 Å². The van der Waals surface area contributed by atoms with Crippen LogP contribution in [0.3, 0.4) is 0 Å². The van der Waals surface area contributed by atoms with Gasteiger partial charge in [0.05, 0.1) is 7.11 Å². The number of nitrogens with one attached hydrogen (secondary N) is 1. The molecule has 0 heterocycles. The van der Waals surface area contributed by atoms with Gasteiger partial charge in [-0.3, -0.25) is 0 Å². The zero-order valence-electron chi connectivity index (χ0n) is 7.53. The maximum absolute atomic E-state index is 13.0. The van der Waals surface area contributed by atoms with Gasteiger partial charge in [-0.1, -0.05) is 6.07 Å². The molecule has 4 heteroatoms. The molecule has 0 aromatic heterocycles. The Kier molecular flexibility index (Phi) is 3.33. The van der Waals surface area contributed by atoms with Crippen LogP contribution in [0.15, 0.2) is 12.1 Å². The fourth-order valence-corrected chi connectivity index (χ4v) is 1.08. The second-order valence-electron chi connectivity index (χ2n) is 2.75. The Bertz CT molecular complexity index is 302. The lowest BCUT2D eigenvalue weighted by Gasteiger charge is -2.05. The Morgan fingerprint density at radius 2 is 2.08 bits per heavy atom. The van der Waals surface area contributed by atoms with Crippen LogP contribution in [0.25, 0.3) is 0 Å². The molecule has 0 aliphatic heterocycles. The van der Waals surface area contributed by atoms with Crippen molar-refractivity contribution in [2.24, 2.45) is 0 Å². The van der Waals surface area contributed by atoms with Gasteiger partial charge in [-0.25, -0.2) is 8.78 Å². The van der Waals surface area contributed by atoms with Crippen LogP contribution in [0, 0.1) is 18.6 Å². The fraction of sp³-hybridized carbons (Fsp3) is 0.333. The third-order valence-electron chi connectivity index (χ3n) is 1.65. The Balaban J connectivity index is 2.92. The molecule has 0 spiro atoms. The van der Waals surface area contributed by atoms with Gasteiger partial charge in [-0.2, -0.15) is 5.48 Å². The van der Waals surface area contributed by atoms with Gasteiger partial charge in [0.2, 0.25) is 0 Å². The molecular weight excluding hydrogens is 176 g/mol. The second-order valence-corrected chi connectivity index (χ2v) is 2.75. The summed E-state index contributed by atoms with van der Waals surface area (Å²) in [5, 5.41) is 0. The first-order valence-corrected chi connectivity index (χ1v) is 3.85. The summed E-state index contributed by atoms with van der Waals surface area (Å²) >= 11 is 0. The number of rotatable bonds is 3. The molecule has 1 aromatic rings. The largest absolute Gasteiger partial charge is 0.305 e. The van der Waals surface area contributed by atoms with E-state index in [-0.39, 0.29) is 12.1 Å². The maximum atomic E-state index is 13.0. The molecule has 0 saturated heterocycles. The molecule has 72 valence electrons. The van der Waals surface area contributed by atoms with Gasteiger partial charge < -0.3 is 4.84 Å². The second kappa shape index (κ2) is 4.30. The number of benzene rings is 1. The highest BCUT2D eigenvalue weighted by molar-refractivity contribution is 5.25. The van der Waals surface area contributed by atoms with Gasteiger partial charge in [0.25, 0.3) is 0 Å². The average Bonchev–Trinajstić information content (AvgIpc) is 2.09. The molecule has 0 radical (unpaired) electrons. The molecule has 0 aliphatic carbocycles. The van der Waals surface area contributed by atoms with Crippen LogP contribution in [-0.4, -0.2) is 7.11 Å². The Morgan fingerprint density at radius 1 is 1.38 bits per heavy atom. The highest BCUT2D eigenvalue weighted by Crippen LogP contribution is 2.14. The third kappa shape index (κ3) is 2.47. The molecule has 0 saturated carbocycles. The first-order chi connectivity index (χ1) is 6.15. The lowest BCUT2D eigenvalue weighted by molar-refractivity contribution is 0.0857. The molecule has 1 rings (SSSR count). The number of aryl methyl sites for hydroxylation is 1. The fourth-order valence-electron chi connectivity index (χ4n) is 1.08. The van der Waals surface area contributed by atoms with E-state index in [1.54, 1.807) is 13.0 Å². The lowest BCUT2D eigenvalue weighted by Crippen LogP contribution is -2.12. The lowest BCUT2D eigenvalue weighted by atomic mass is 10.1. The molecule has 0 fully saturated rings. The molecule has 2 nitrogen and oxygen atoms in total. The molecule has 0 unspecified atom stereocenters. The minimum Gasteiger partial charge on any atom is -0.305 e. The molecule has 1 aromatic carbocycles. The van der Waals surface area contributed by atoms with Crippen LogP contribution < -0.4 is 5.48 Å². The summed E-state index contributed by atoms with van der Waals surface area (Å²) in [6.45, 7) is 1.86. The van der Waals surface area contributed by atoms with Gasteiger partial charge in [0.1, 0.15) is 0 Å². The summed E-state index contributed by atoms with van der Waals surface area (Å²) in [4.78, 5) is 4.54. The van der Waals surface area contributed by atoms with Gasteiger partial charge >= 0.3 is 0 Å². The maximum Gasteiger partial charge on any atom is 0.163 e. The van der Waals surface area contributed by atoms with Crippen LogP contribution in [0.1, 0.15) is 11.1 Å². The van der Waals surface area contributed by atoms with Crippen LogP contribution in [0.2, 0.25) is 0 Å². The van der Waals surface area contributed by atoms with Crippen molar-refractivity contribution in [2.75, 3.05) is 7.11 Å². The molecule has 13 heavy (non-hydrogen) atoms. The minimum absolute atomic E-state index is 0.154. The highest BCUT2D eigenvalue weighted by Gasteiger charge is 2.08. The van der Waals surface area contributed by atoms with Gasteiger partial charge in [0.15, 0.2) is 11.6 Å². The van der Waals surface area contributed by atoms with Crippen LogP contribution >= 0.6 is 0 Å². The van der Waals surface area contributed by atoms with E-state index in [4.69, 9.17) is 0 Å². The summed E-state index contributed by atoms with van der Waals surface area (Å²) in [5.41, 5.74) is 3.40. The predicted molar refractivity (Wildman–Crippen MR) is 44.9 cm³/mol. The first-order valence-electron chi connectivity index (χ1n) is 3.85. The Labute approximate surface area is 75.5 Å². The van der Waals surface area contributed by atoms with E-state index >= 15 is 0 Å². The molecule has 0 atom stereocenters. The number of hydroxylamine groups is 1. The van der Waals surface area contributed by atoms with E-state index < -0.39 is 11.6 Å². The molecule has 1 N–H and O–H groups in total. The number of hydrogen-bond donors (Lipinski definition) is 1. The van der Waals surface area contributed by atoms with Crippen molar-refractivity contribution in [2.45, 2.75) is 13.5 Å². The van der Waals surface area contributed by atoms with Crippen LogP contribution in [-0.2, 0) is 11.4 Å². The van der Waals surface area contributed by atoms with Crippen molar-refractivity contribution in [1.29, 1.82) is 0 Å². The van der Waals surface area contributed by atoms with E-state index in [1.165, 1.54) is 7.11 Å². The minimum atomic E-state index is -0.826. The Hall–Kier alpha value is -1.00. The van der Waals surface area contributed by atoms with Crippen molar-refractivity contribution in [1.82, 2.24) is 5.48 Å². The van der Waals surface area contributed by atoms with Gasteiger partial charge in [-0.05, 0) is 18.6 Å². The Morgan fingerprint density at radius 3 is 2.69 bits per heavy atom. The normalized spacial score (nSPS) is 10.5. The van der Waals surface area contributed by atoms with Gasteiger partial charge in [-0.15, -0.1) is 0 Å². The van der Waals surface area contributed by atoms with Crippen molar-refractivity contribution in [3.8, 4) is 0 Å². The summed E-state index contributed by atoms with van der Waals surface area (Å²) in [5.74, 6) is -1.65. The summed E-state index contributed by atoms with van der Waals surface area (Å²) in [7, 11) is 1.42. The molecule has 0 amide bonds. The standard InChI is InChI=1S/C9H11F2NO/c1-6-3-7(5-12-13-2)9(11)8(10)4-6/h3-4,12H,5H2,1-2H3. The van der Waals surface area contributed by atoms with Gasteiger partial charge in [0, 0.05) is 12.1 Å². The summed E-state index contributed by atoms with van der Waals surface area (Å²) in [6.07, 6.45) is 0. The molecule has 0 aliphatic rings. The summed E-state index contributed by atoms with van der Waals surface area (Å²) in [6, 6.07) is 2.73. The van der Waals surface area contributed by atoms with Crippen molar-refractivity contribution >= 4 is 0 Å². The molecular formula is C9H11F2NO. The number of halogens is 2. The van der Waals surface area contributed by atoms with Crippen molar-refractivity contribution < 1.29 is 13.6 Å². The zero-order chi connectivity index (χ0) is 9.84. The molecule has 0 bridgehead atoms. The van der Waals surface area contributed by atoms with Crippen molar-refractivity contribution in [3.05, 3.63) is 34.9 Å². The van der Waals surface area contributed by atoms with Crippen LogP contribution in [0.5, 0.6) is 0 Å². The highest BCUT2D eigenvalue weighted by atomic mass is 19.2. The predicted octanol–water partition coefficient (Wildman–Crippen LogP) is 1.92. The van der Waals surface area contributed by atoms with E-state index in [0.29, 0.717) is 5.56 Å². The SMILES string of the molecule is CONCc1cc(C)cc(F)c1F. The van der Waals surface area contributed by atoms with Crippen molar-refractivity contribution in [3.63, 3.8) is 0 Å². The van der Waals surface area contributed by atoms with E-state index in [1.807, 2.05) is 0 Å². The average molecular weight is 187 g/mol. The zero-order valence-corrected chi connectivity index (χ0v) is 7.53. The van der Waals surface area contributed by atoms with E-state index in [9.17, 15) is 8.78 Å². The van der Waals surface area contributed by atoms with E-state index in [0.717, 1.165) is 6.07 Å². The summed E-state index contributed by atoms with van der Waals surface area (Å²) < 4.78 is 25.9.